The average molecular weight is 370 g/mol. The smallest absolute Gasteiger partial charge is 0.267 e. The molecule has 0 aliphatic carbocycles. The lowest BCUT2D eigenvalue weighted by Crippen LogP contribution is -2.38. The van der Waals surface area contributed by atoms with Crippen molar-refractivity contribution in [1.82, 2.24) is 19.9 Å². The SMILES string of the molecule is Cc1nc(-c2cccc(C=CC(=O)NO)c2)n(CCN2CCOCC2)c1C. The van der Waals surface area contributed by atoms with E-state index >= 15 is 0 Å². The molecule has 7 heteroatoms. The normalized spacial score (nSPS) is 15.4. The molecule has 27 heavy (non-hydrogen) atoms. The van der Waals surface area contributed by atoms with E-state index in [1.54, 1.807) is 11.6 Å². The van der Waals surface area contributed by atoms with E-state index in [4.69, 9.17) is 14.9 Å². The molecule has 0 atom stereocenters. The molecule has 3 rings (SSSR count). The van der Waals surface area contributed by atoms with Gasteiger partial charge in [0.05, 0.1) is 18.9 Å². The molecule has 2 N–H and O–H groups in total. The molecule has 0 bridgehead atoms. The minimum absolute atomic E-state index is 0.556. The van der Waals surface area contributed by atoms with Crippen LogP contribution in [0.3, 0.4) is 0 Å². The maximum Gasteiger partial charge on any atom is 0.267 e. The summed E-state index contributed by atoms with van der Waals surface area (Å²) in [6, 6.07) is 7.87. The van der Waals surface area contributed by atoms with Gasteiger partial charge in [0.15, 0.2) is 0 Å². The highest BCUT2D eigenvalue weighted by molar-refractivity contribution is 5.91. The maximum absolute atomic E-state index is 11.2. The van der Waals surface area contributed by atoms with Gasteiger partial charge in [0, 0.05) is 43.5 Å². The molecule has 1 amide bonds. The summed E-state index contributed by atoms with van der Waals surface area (Å²) in [6.07, 6.45) is 2.95. The Hall–Kier alpha value is -2.48. The summed E-state index contributed by atoms with van der Waals surface area (Å²) < 4.78 is 7.68. The van der Waals surface area contributed by atoms with Crippen LogP contribution >= 0.6 is 0 Å². The Labute approximate surface area is 159 Å². The molecule has 0 radical (unpaired) electrons. The molecule has 0 spiro atoms. The molecule has 1 aromatic carbocycles. The van der Waals surface area contributed by atoms with E-state index < -0.39 is 5.91 Å². The monoisotopic (exact) mass is 370 g/mol. The van der Waals surface area contributed by atoms with Crippen molar-refractivity contribution in [2.75, 3.05) is 32.8 Å². The van der Waals surface area contributed by atoms with Crippen molar-refractivity contribution in [3.8, 4) is 11.4 Å². The summed E-state index contributed by atoms with van der Waals surface area (Å²) in [4.78, 5) is 18.4. The molecule has 0 unspecified atom stereocenters. The predicted octanol–water partition coefficient (Wildman–Crippen LogP) is 2.02. The zero-order valence-corrected chi connectivity index (χ0v) is 15.8. The van der Waals surface area contributed by atoms with Crippen LogP contribution in [0, 0.1) is 13.8 Å². The lowest BCUT2D eigenvalue weighted by Gasteiger charge is -2.27. The second-order valence-electron chi connectivity index (χ2n) is 6.65. The van der Waals surface area contributed by atoms with E-state index in [1.807, 2.05) is 31.2 Å². The van der Waals surface area contributed by atoms with Crippen LogP contribution in [0.25, 0.3) is 17.5 Å². The number of aromatic nitrogens is 2. The number of aryl methyl sites for hydroxylation is 1. The van der Waals surface area contributed by atoms with Gasteiger partial charge in [-0.25, -0.2) is 10.5 Å². The first-order valence-corrected chi connectivity index (χ1v) is 9.15. The summed E-state index contributed by atoms with van der Waals surface area (Å²) in [5, 5.41) is 8.61. The first-order chi connectivity index (χ1) is 13.1. The molecule has 0 saturated carbocycles. The summed E-state index contributed by atoms with van der Waals surface area (Å²) in [5.41, 5.74) is 5.65. The minimum Gasteiger partial charge on any atom is -0.379 e. The number of rotatable bonds is 6. The van der Waals surface area contributed by atoms with Crippen LogP contribution in [-0.4, -0.2) is 58.4 Å². The Balaban J connectivity index is 1.82. The number of hydrogen-bond donors (Lipinski definition) is 2. The maximum atomic E-state index is 11.2. The molecule has 1 saturated heterocycles. The quantitative estimate of drug-likeness (QED) is 0.462. The number of hydrogen-bond acceptors (Lipinski definition) is 5. The zero-order chi connectivity index (χ0) is 19.2. The molecule has 1 aliphatic heterocycles. The highest BCUT2D eigenvalue weighted by Gasteiger charge is 2.15. The topological polar surface area (TPSA) is 79.6 Å². The van der Waals surface area contributed by atoms with Crippen molar-refractivity contribution in [1.29, 1.82) is 0 Å². The van der Waals surface area contributed by atoms with Crippen molar-refractivity contribution < 1.29 is 14.7 Å². The molecule has 1 fully saturated rings. The summed E-state index contributed by atoms with van der Waals surface area (Å²) in [6.45, 7) is 9.48. The highest BCUT2D eigenvalue weighted by Crippen LogP contribution is 2.23. The second kappa shape index (κ2) is 8.94. The van der Waals surface area contributed by atoms with Crippen LogP contribution in [0.15, 0.2) is 30.3 Å². The van der Waals surface area contributed by atoms with Gasteiger partial charge in [0.2, 0.25) is 0 Å². The fourth-order valence-electron chi connectivity index (χ4n) is 3.21. The molecule has 1 aliphatic rings. The van der Waals surface area contributed by atoms with Crippen LogP contribution in [0.2, 0.25) is 0 Å². The number of morpholine rings is 1. The van der Waals surface area contributed by atoms with Crippen LogP contribution in [0.1, 0.15) is 17.0 Å². The fourth-order valence-corrected chi connectivity index (χ4v) is 3.21. The number of carbonyl (C=O) groups excluding carboxylic acids is 1. The van der Waals surface area contributed by atoms with Crippen LogP contribution in [-0.2, 0) is 16.1 Å². The van der Waals surface area contributed by atoms with Crippen LogP contribution in [0.4, 0.5) is 0 Å². The molecule has 144 valence electrons. The number of imidazole rings is 1. The van der Waals surface area contributed by atoms with E-state index in [1.165, 1.54) is 11.8 Å². The first kappa shape index (κ1) is 19.3. The second-order valence-corrected chi connectivity index (χ2v) is 6.65. The molecule has 7 nitrogen and oxygen atoms in total. The first-order valence-electron chi connectivity index (χ1n) is 9.15. The number of ether oxygens (including phenoxy) is 1. The predicted molar refractivity (Wildman–Crippen MR) is 103 cm³/mol. The standard InChI is InChI=1S/C20H26N4O3/c1-15-16(2)24(9-8-23-10-12-27-13-11-23)20(21-15)18-5-3-4-17(14-18)6-7-19(25)22-26/h3-7,14,26H,8-13H2,1-2H3,(H,22,25). The number of benzene rings is 1. The van der Waals surface area contributed by atoms with Gasteiger partial charge < -0.3 is 9.30 Å². The largest absolute Gasteiger partial charge is 0.379 e. The van der Waals surface area contributed by atoms with E-state index in [2.05, 4.69) is 16.4 Å². The number of nitrogens with one attached hydrogen (secondary N) is 1. The summed E-state index contributed by atoms with van der Waals surface area (Å²) in [5.74, 6) is 0.374. The Bertz CT molecular complexity index is 823. The number of amides is 1. The third kappa shape index (κ3) is 4.82. The van der Waals surface area contributed by atoms with Gasteiger partial charge >= 0.3 is 0 Å². The van der Waals surface area contributed by atoms with Crippen molar-refractivity contribution in [3.63, 3.8) is 0 Å². The summed E-state index contributed by atoms with van der Waals surface area (Å²) in [7, 11) is 0. The fraction of sp³-hybridized carbons (Fsp3) is 0.400. The molecule has 2 heterocycles. The third-order valence-electron chi connectivity index (χ3n) is 4.88. The van der Waals surface area contributed by atoms with Crippen LogP contribution in [0.5, 0.6) is 0 Å². The average Bonchev–Trinajstić information content (AvgIpc) is 2.99. The van der Waals surface area contributed by atoms with E-state index in [0.717, 1.165) is 62.0 Å². The summed E-state index contributed by atoms with van der Waals surface area (Å²) >= 11 is 0. The molecular formula is C20H26N4O3. The van der Waals surface area contributed by atoms with Gasteiger partial charge in [-0.2, -0.15) is 0 Å². The molecule has 2 aromatic rings. The highest BCUT2D eigenvalue weighted by atomic mass is 16.5. The Kier molecular flexibility index (Phi) is 6.39. The van der Waals surface area contributed by atoms with Crippen molar-refractivity contribution >= 4 is 12.0 Å². The lowest BCUT2D eigenvalue weighted by atomic mass is 10.1. The minimum atomic E-state index is -0.556. The van der Waals surface area contributed by atoms with E-state index in [-0.39, 0.29) is 0 Å². The molecule has 1 aromatic heterocycles. The van der Waals surface area contributed by atoms with Gasteiger partial charge in [0.25, 0.3) is 5.91 Å². The molecular weight excluding hydrogens is 344 g/mol. The van der Waals surface area contributed by atoms with Gasteiger partial charge in [-0.15, -0.1) is 0 Å². The van der Waals surface area contributed by atoms with Crippen molar-refractivity contribution in [3.05, 3.63) is 47.3 Å². The van der Waals surface area contributed by atoms with Gasteiger partial charge in [0.1, 0.15) is 5.82 Å². The Morgan fingerprint density at radius 2 is 2.07 bits per heavy atom. The van der Waals surface area contributed by atoms with Gasteiger partial charge in [-0.3, -0.25) is 14.9 Å². The van der Waals surface area contributed by atoms with Crippen molar-refractivity contribution in [2.24, 2.45) is 0 Å². The van der Waals surface area contributed by atoms with E-state index in [9.17, 15) is 4.79 Å². The Morgan fingerprint density at radius 3 is 2.81 bits per heavy atom. The number of nitrogens with zero attached hydrogens (tertiary/aromatic N) is 3. The van der Waals surface area contributed by atoms with Gasteiger partial charge in [-0.1, -0.05) is 18.2 Å². The van der Waals surface area contributed by atoms with E-state index in [0.29, 0.717) is 0 Å². The van der Waals surface area contributed by atoms with Crippen molar-refractivity contribution in [2.45, 2.75) is 20.4 Å². The zero-order valence-electron chi connectivity index (χ0n) is 15.8. The number of carbonyl (C=O) groups is 1. The Morgan fingerprint density at radius 1 is 1.30 bits per heavy atom. The lowest BCUT2D eigenvalue weighted by molar-refractivity contribution is -0.124. The number of hydroxylamine groups is 1. The van der Waals surface area contributed by atoms with Gasteiger partial charge in [-0.05, 0) is 31.6 Å². The third-order valence-corrected chi connectivity index (χ3v) is 4.88. The van der Waals surface area contributed by atoms with Crippen LogP contribution < -0.4 is 5.48 Å².